The molecular weight excluding hydrogens is 252 g/mol. The SMILES string of the molecule is CNC(C)(C)C(=O)N(Cc1ccccc1OC)C1CC1. The van der Waals surface area contributed by atoms with Crippen molar-refractivity contribution in [3.8, 4) is 5.75 Å². The van der Waals surface area contributed by atoms with Crippen LogP contribution in [-0.4, -0.2) is 36.5 Å². The molecule has 2 rings (SSSR count). The maximum Gasteiger partial charge on any atom is 0.242 e. The zero-order valence-electron chi connectivity index (χ0n) is 12.8. The Hall–Kier alpha value is -1.55. The van der Waals surface area contributed by atoms with E-state index in [1.807, 2.05) is 50.1 Å². The molecule has 1 aromatic rings. The van der Waals surface area contributed by atoms with Gasteiger partial charge in [0.1, 0.15) is 5.75 Å². The molecule has 20 heavy (non-hydrogen) atoms. The zero-order chi connectivity index (χ0) is 14.8. The van der Waals surface area contributed by atoms with E-state index < -0.39 is 5.54 Å². The first-order valence-corrected chi connectivity index (χ1v) is 7.11. The molecule has 1 saturated carbocycles. The highest BCUT2D eigenvalue weighted by Gasteiger charge is 2.39. The molecule has 0 aromatic heterocycles. The van der Waals surface area contributed by atoms with Gasteiger partial charge in [0.2, 0.25) is 5.91 Å². The van der Waals surface area contributed by atoms with E-state index in [9.17, 15) is 4.79 Å². The van der Waals surface area contributed by atoms with E-state index in [-0.39, 0.29) is 5.91 Å². The maximum absolute atomic E-state index is 12.7. The molecule has 0 radical (unpaired) electrons. The first-order chi connectivity index (χ1) is 9.49. The number of methoxy groups -OCH3 is 1. The predicted molar refractivity (Wildman–Crippen MR) is 79.7 cm³/mol. The summed E-state index contributed by atoms with van der Waals surface area (Å²) in [5.41, 5.74) is 0.520. The number of hydrogen-bond acceptors (Lipinski definition) is 3. The largest absolute Gasteiger partial charge is 0.496 e. The molecule has 0 unspecified atom stereocenters. The molecule has 0 saturated heterocycles. The molecule has 4 nitrogen and oxygen atoms in total. The van der Waals surface area contributed by atoms with Crippen LogP contribution < -0.4 is 10.1 Å². The van der Waals surface area contributed by atoms with Crippen molar-refractivity contribution in [1.82, 2.24) is 10.2 Å². The zero-order valence-corrected chi connectivity index (χ0v) is 12.8. The Balaban J connectivity index is 2.20. The monoisotopic (exact) mass is 276 g/mol. The second kappa shape index (κ2) is 5.83. The van der Waals surface area contributed by atoms with Gasteiger partial charge in [0.15, 0.2) is 0 Å². The summed E-state index contributed by atoms with van der Waals surface area (Å²) in [6.45, 7) is 4.46. The van der Waals surface area contributed by atoms with Crippen molar-refractivity contribution in [2.75, 3.05) is 14.2 Å². The number of carbonyl (C=O) groups excluding carboxylic acids is 1. The maximum atomic E-state index is 12.7. The lowest BCUT2D eigenvalue weighted by Gasteiger charge is -2.32. The van der Waals surface area contributed by atoms with Gasteiger partial charge in [-0.05, 0) is 39.8 Å². The molecule has 1 aliphatic carbocycles. The summed E-state index contributed by atoms with van der Waals surface area (Å²) in [6, 6.07) is 8.27. The van der Waals surface area contributed by atoms with Crippen molar-refractivity contribution in [3.05, 3.63) is 29.8 Å². The van der Waals surface area contributed by atoms with Gasteiger partial charge in [0, 0.05) is 18.2 Å². The molecular formula is C16H24N2O2. The van der Waals surface area contributed by atoms with E-state index in [1.54, 1.807) is 7.11 Å². The van der Waals surface area contributed by atoms with Crippen LogP contribution in [0.2, 0.25) is 0 Å². The van der Waals surface area contributed by atoms with Crippen LogP contribution in [0.25, 0.3) is 0 Å². The molecule has 0 aliphatic heterocycles. The Morgan fingerprint density at radius 2 is 2.05 bits per heavy atom. The van der Waals surface area contributed by atoms with E-state index >= 15 is 0 Å². The standard InChI is InChI=1S/C16H24N2O2/c1-16(2,17-3)15(19)18(13-9-10-13)11-12-7-5-6-8-14(12)20-4/h5-8,13,17H,9-11H2,1-4H3. The van der Waals surface area contributed by atoms with Gasteiger partial charge >= 0.3 is 0 Å². The van der Waals surface area contributed by atoms with Crippen LogP contribution in [-0.2, 0) is 11.3 Å². The Kier molecular flexibility index (Phi) is 4.33. The lowest BCUT2D eigenvalue weighted by molar-refractivity contribution is -0.138. The van der Waals surface area contributed by atoms with Gasteiger partial charge in [-0.1, -0.05) is 18.2 Å². The summed E-state index contributed by atoms with van der Waals surface area (Å²) in [6.07, 6.45) is 2.20. The van der Waals surface area contributed by atoms with Gasteiger partial charge in [-0.2, -0.15) is 0 Å². The Morgan fingerprint density at radius 3 is 2.60 bits per heavy atom. The Bertz CT molecular complexity index is 481. The normalized spacial score (nSPS) is 15.0. The Morgan fingerprint density at radius 1 is 1.40 bits per heavy atom. The number of carbonyl (C=O) groups is 1. The molecule has 1 fully saturated rings. The van der Waals surface area contributed by atoms with Crippen LogP contribution in [0.15, 0.2) is 24.3 Å². The van der Waals surface area contributed by atoms with E-state index in [0.29, 0.717) is 12.6 Å². The van der Waals surface area contributed by atoms with Gasteiger partial charge in [-0.25, -0.2) is 0 Å². The molecule has 1 N–H and O–H groups in total. The molecule has 1 aromatic carbocycles. The molecule has 1 amide bonds. The van der Waals surface area contributed by atoms with Crippen LogP contribution in [0.4, 0.5) is 0 Å². The highest BCUT2D eigenvalue weighted by molar-refractivity contribution is 5.86. The lowest BCUT2D eigenvalue weighted by atomic mass is 10.0. The van der Waals surface area contributed by atoms with Crippen LogP contribution in [0.5, 0.6) is 5.75 Å². The van der Waals surface area contributed by atoms with Crippen molar-refractivity contribution >= 4 is 5.91 Å². The van der Waals surface area contributed by atoms with Gasteiger partial charge in [-0.3, -0.25) is 4.79 Å². The van der Waals surface area contributed by atoms with E-state index in [0.717, 1.165) is 24.2 Å². The molecule has 110 valence electrons. The van der Waals surface area contributed by atoms with Crippen molar-refractivity contribution in [3.63, 3.8) is 0 Å². The average molecular weight is 276 g/mol. The van der Waals surface area contributed by atoms with Crippen LogP contribution in [0.3, 0.4) is 0 Å². The van der Waals surface area contributed by atoms with E-state index in [1.165, 1.54) is 0 Å². The first kappa shape index (κ1) is 14.9. The summed E-state index contributed by atoms with van der Waals surface area (Å²) in [5.74, 6) is 0.988. The second-order valence-electron chi connectivity index (χ2n) is 5.85. The number of nitrogens with one attached hydrogen (secondary N) is 1. The third-order valence-corrected chi connectivity index (χ3v) is 3.94. The second-order valence-corrected chi connectivity index (χ2v) is 5.85. The Labute approximate surface area is 121 Å². The van der Waals surface area contributed by atoms with Crippen molar-refractivity contribution < 1.29 is 9.53 Å². The minimum absolute atomic E-state index is 0.147. The highest BCUT2D eigenvalue weighted by Crippen LogP contribution is 2.32. The summed E-state index contributed by atoms with van der Waals surface area (Å²) >= 11 is 0. The first-order valence-electron chi connectivity index (χ1n) is 7.11. The van der Waals surface area contributed by atoms with Crippen LogP contribution in [0.1, 0.15) is 32.3 Å². The number of ether oxygens (including phenoxy) is 1. The summed E-state index contributed by atoms with van der Waals surface area (Å²) in [4.78, 5) is 14.7. The smallest absolute Gasteiger partial charge is 0.242 e. The highest BCUT2D eigenvalue weighted by atomic mass is 16.5. The third-order valence-electron chi connectivity index (χ3n) is 3.94. The molecule has 0 bridgehead atoms. The molecule has 0 spiro atoms. The number of rotatable bonds is 6. The average Bonchev–Trinajstić information content (AvgIpc) is 3.29. The fourth-order valence-electron chi connectivity index (χ4n) is 2.24. The van der Waals surface area contributed by atoms with Gasteiger partial charge in [0.25, 0.3) is 0 Å². The van der Waals surface area contributed by atoms with E-state index in [2.05, 4.69) is 5.32 Å². The van der Waals surface area contributed by atoms with Crippen LogP contribution >= 0.6 is 0 Å². The quantitative estimate of drug-likeness (QED) is 0.866. The number of nitrogens with zero attached hydrogens (tertiary/aromatic N) is 1. The van der Waals surface area contributed by atoms with Crippen LogP contribution in [0, 0.1) is 0 Å². The molecule has 1 aliphatic rings. The van der Waals surface area contributed by atoms with Gasteiger partial charge < -0.3 is 15.0 Å². The number of amides is 1. The van der Waals surface area contributed by atoms with Crippen molar-refractivity contribution in [2.24, 2.45) is 0 Å². The topological polar surface area (TPSA) is 41.6 Å². The molecule has 0 heterocycles. The number of para-hydroxylation sites is 1. The fourth-order valence-corrected chi connectivity index (χ4v) is 2.24. The lowest BCUT2D eigenvalue weighted by Crippen LogP contribution is -2.53. The summed E-state index contributed by atoms with van der Waals surface area (Å²) in [7, 11) is 3.49. The van der Waals surface area contributed by atoms with Gasteiger partial charge in [0.05, 0.1) is 12.6 Å². The number of hydrogen-bond donors (Lipinski definition) is 1. The van der Waals surface area contributed by atoms with Gasteiger partial charge in [-0.15, -0.1) is 0 Å². The third kappa shape index (κ3) is 3.12. The minimum atomic E-state index is -0.537. The summed E-state index contributed by atoms with van der Waals surface area (Å²) < 4.78 is 5.38. The minimum Gasteiger partial charge on any atom is -0.496 e. The van der Waals surface area contributed by atoms with Crippen molar-refractivity contribution in [2.45, 2.75) is 44.8 Å². The van der Waals surface area contributed by atoms with E-state index in [4.69, 9.17) is 4.74 Å². The molecule has 0 atom stereocenters. The number of likely N-dealkylation sites (N-methyl/N-ethyl adjacent to an activating group) is 1. The summed E-state index contributed by atoms with van der Waals surface area (Å²) in [5, 5.41) is 3.10. The fraction of sp³-hybridized carbons (Fsp3) is 0.562. The van der Waals surface area contributed by atoms with Crippen molar-refractivity contribution in [1.29, 1.82) is 0 Å². The number of benzene rings is 1. The molecule has 4 heteroatoms. The predicted octanol–water partition coefficient (Wildman–Crippen LogP) is 2.18.